The Morgan fingerprint density at radius 3 is 2.45 bits per heavy atom. The zero-order valence-electron chi connectivity index (χ0n) is 13.5. The van der Waals surface area contributed by atoms with Crippen molar-refractivity contribution in [3.8, 4) is 0 Å². The Kier molecular flexibility index (Phi) is 4.44. The minimum Gasteiger partial charge on any atom is -0.464 e. The molecule has 2 rings (SSSR count). The monoisotopic (exact) mass is 305 g/mol. The fraction of sp³-hybridized carbons (Fsp3) is 0.529. The molecule has 1 fully saturated rings. The summed E-state index contributed by atoms with van der Waals surface area (Å²) in [5.74, 6) is -0.491. The van der Waals surface area contributed by atoms with Gasteiger partial charge in [0.2, 0.25) is 0 Å². The first-order valence-corrected chi connectivity index (χ1v) is 7.52. The van der Waals surface area contributed by atoms with Crippen molar-refractivity contribution in [1.29, 1.82) is 0 Å². The Morgan fingerprint density at radius 1 is 1.27 bits per heavy atom. The van der Waals surface area contributed by atoms with Crippen LogP contribution >= 0.6 is 0 Å². The van der Waals surface area contributed by atoms with Gasteiger partial charge in [-0.05, 0) is 39.7 Å². The molecular formula is C17H23NO4. The quantitative estimate of drug-likeness (QED) is 0.869. The summed E-state index contributed by atoms with van der Waals surface area (Å²) in [6.07, 6.45) is -0.0753. The summed E-state index contributed by atoms with van der Waals surface area (Å²) < 4.78 is 10.4. The van der Waals surface area contributed by atoms with Gasteiger partial charge >= 0.3 is 12.1 Å². The number of hydrogen-bond donors (Lipinski definition) is 1. The first kappa shape index (κ1) is 16.3. The molecule has 2 atom stereocenters. The number of carbonyl (C=O) groups is 2. The molecule has 0 bridgehead atoms. The van der Waals surface area contributed by atoms with Crippen LogP contribution in [0.4, 0.5) is 4.79 Å². The van der Waals surface area contributed by atoms with Crippen LogP contribution in [0.3, 0.4) is 0 Å². The molecule has 1 amide bonds. The van der Waals surface area contributed by atoms with E-state index in [4.69, 9.17) is 9.47 Å². The fourth-order valence-electron chi connectivity index (χ4n) is 2.51. The van der Waals surface area contributed by atoms with Gasteiger partial charge in [-0.1, -0.05) is 30.3 Å². The molecule has 1 aliphatic carbocycles. The van der Waals surface area contributed by atoms with Crippen molar-refractivity contribution in [2.75, 3.05) is 6.61 Å². The van der Waals surface area contributed by atoms with Gasteiger partial charge in [0.15, 0.2) is 0 Å². The molecule has 0 unspecified atom stereocenters. The van der Waals surface area contributed by atoms with Crippen molar-refractivity contribution >= 4 is 12.1 Å². The van der Waals surface area contributed by atoms with E-state index in [0.717, 1.165) is 5.56 Å². The second kappa shape index (κ2) is 5.99. The second-order valence-electron chi connectivity index (χ2n) is 6.49. The van der Waals surface area contributed by atoms with Crippen molar-refractivity contribution in [2.24, 2.45) is 0 Å². The summed E-state index contributed by atoms with van der Waals surface area (Å²) in [5, 5.41) is 2.72. The molecule has 1 aromatic carbocycles. The number of nitrogens with one attached hydrogen (secondary N) is 1. The fourth-order valence-corrected chi connectivity index (χ4v) is 2.51. The molecule has 0 spiro atoms. The van der Waals surface area contributed by atoms with Crippen molar-refractivity contribution in [2.45, 2.75) is 51.2 Å². The van der Waals surface area contributed by atoms with Crippen LogP contribution in [-0.2, 0) is 14.3 Å². The molecule has 5 heteroatoms. The molecule has 0 aliphatic heterocycles. The highest BCUT2D eigenvalue weighted by molar-refractivity contribution is 5.91. The van der Waals surface area contributed by atoms with Crippen LogP contribution in [0.15, 0.2) is 30.3 Å². The molecule has 120 valence electrons. The van der Waals surface area contributed by atoms with Gasteiger partial charge in [-0.2, -0.15) is 0 Å². The molecule has 0 heterocycles. The van der Waals surface area contributed by atoms with Crippen LogP contribution < -0.4 is 5.32 Å². The molecule has 0 radical (unpaired) electrons. The van der Waals surface area contributed by atoms with E-state index in [-0.39, 0.29) is 12.5 Å². The number of esters is 1. The normalized spacial score (nSPS) is 23.5. The Hall–Kier alpha value is -2.04. The SMILES string of the molecule is CCOC(=O)[C@@]1(NC(=O)OC(C)(C)C)C[C@H]1c1ccccc1. The summed E-state index contributed by atoms with van der Waals surface area (Å²) in [4.78, 5) is 24.4. The molecule has 5 nitrogen and oxygen atoms in total. The van der Waals surface area contributed by atoms with E-state index in [1.807, 2.05) is 30.3 Å². The van der Waals surface area contributed by atoms with Crippen LogP contribution in [0.25, 0.3) is 0 Å². The minimum atomic E-state index is -1.01. The summed E-state index contributed by atoms with van der Waals surface area (Å²) in [5.41, 5.74) is -0.622. The van der Waals surface area contributed by atoms with Crippen LogP contribution in [0.2, 0.25) is 0 Å². The first-order chi connectivity index (χ1) is 10.3. The van der Waals surface area contributed by atoms with Crippen LogP contribution in [0.1, 0.15) is 45.6 Å². The van der Waals surface area contributed by atoms with E-state index in [9.17, 15) is 9.59 Å². The molecule has 1 aliphatic rings. The maximum absolute atomic E-state index is 12.3. The second-order valence-corrected chi connectivity index (χ2v) is 6.49. The highest BCUT2D eigenvalue weighted by Gasteiger charge is 2.63. The van der Waals surface area contributed by atoms with E-state index in [2.05, 4.69) is 5.32 Å². The zero-order chi connectivity index (χ0) is 16.4. The van der Waals surface area contributed by atoms with Gasteiger partial charge in [0.1, 0.15) is 11.1 Å². The first-order valence-electron chi connectivity index (χ1n) is 7.52. The molecular weight excluding hydrogens is 282 g/mol. The Bertz CT molecular complexity index is 550. The van der Waals surface area contributed by atoms with E-state index in [0.29, 0.717) is 6.42 Å². The average Bonchev–Trinajstić information content (AvgIpc) is 3.13. The Morgan fingerprint density at radius 2 is 1.91 bits per heavy atom. The molecule has 1 aromatic rings. The number of alkyl carbamates (subject to hydrolysis) is 1. The number of rotatable bonds is 4. The van der Waals surface area contributed by atoms with E-state index < -0.39 is 23.2 Å². The van der Waals surface area contributed by atoms with Gasteiger partial charge < -0.3 is 14.8 Å². The van der Waals surface area contributed by atoms with E-state index in [1.165, 1.54) is 0 Å². The third-order valence-corrected chi connectivity index (χ3v) is 3.53. The van der Waals surface area contributed by atoms with Crippen molar-refractivity contribution in [3.63, 3.8) is 0 Å². The molecule has 0 aromatic heterocycles. The van der Waals surface area contributed by atoms with E-state index in [1.54, 1.807) is 27.7 Å². The average molecular weight is 305 g/mol. The predicted molar refractivity (Wildman–Crippen MR) is 82.5 cm³/mol. The lowest BCUT2D eigenvalue weighted by molar-refractivity contribution is -0.147. The van der Waals surface area contributed by atoms with Gasteiger partial charge in [-0.15, -0.1) is 0 Å². The number of benzene rings is 1. The Balaban J connectivity index is 2.16. The number of ether oxygens (including phenoxy) is 2. The molecule has 1 saturated carbocycles. The molecule has 22 heavy (non-hydrogen) atoms. The third-order valence-electron chi connectivity index (χ3n) is 3.53. The highest BCUT2D eigenvalue weighted by Crippen LogP contribution is 2.52. The van der Waals surface area contributed by atoms with Crippen LogP contribution in [-0.4, -0.2) is 29.8 Å². The van der Waals surface area contributed by atoms with Gasteiger partial charge in [0, 0.05) is 5.92 Å². The third kappa shape index (κ3) is 3.59. The predicted octanol–water partition coefficient (Wildman–Crippen LogP) is 3.00. The summed E-state index contributed by atoms with van der Waals surface area (Å²) >= 11 is 0. The molecule has 1 N–H and O–H groups in total. The van der Waals surface area contributed by atoms with E-state index >= 15 is 0 Å². The number of carbonyl (C=O) groups excluding carboxylic acids is 2. The lowest BCUT2D eigenvalue weighted by Crippen LogP contribution is -2.47. The van der Waals surface area contributed by atoms with Crippen LogP contribution in [0, 0.1) is 0 Å². The maximum atomic E-state index is 12.3. The van der Waals surface area contributed by atoms with Crippen molar-refractivity contribution in [3.05, 3.63) is 35.9 Å². The van der Waals surface area contributed by atoms with Gasteiger partial charge in [0.25, 0.3) is 0 Å². The summed E-state index contributed by atoms with van der Waals surface area (Å²) in [7, 11) is 0. The summed E-state index contributed by atoms with van der Waals surface area (Å²) in [6, 6.07) is 9.64. The Labute approximate surface area is 131 Å². The lowest BCUT2D eigenvalue weighted by atomic mass is 10.1. The maximum Gasteiger partial charge on any atom is 0.408 e. The number of amides is 1. The number of hydrogen-bond acceptors (Lipinski definition) is 4. The minimum absolute atomic E-state index is 0.0831. The summed E-state index contributed by atoms with van der Waals surface area (Å²) in [6.45, 7) is 7.37. The van der Waals surface area contributed by atoms with Crippen molar-refractivity contribution < 1.29 is 19.1 Å². The van der Waals surface area contributed by atoms with Gasteiger partial charge in [-0.3, -0.25) is 0 Å². The highest BCUT2D eigenvalue weighted by atomic mass is 16.6. The topological polar surface area (TPSA) is 64.6 Å². The largest absolute Gasteiger partial charge is 0.464 e. The lowest BCUT2D eigenvalue weighted by Gasteiger charge is -2.23. The smallest absolute Gasteiger partial charge is 0.408 e. The van der Waals surface area contributed by atoms with Crippen molar-refractivity contribution in [1.82, 2.24) is 5.32 Å². The molecule has 0 saturated heterocycles. The van der Waals surface area contributed by atoms with Gasteiger partial charge in [0.05, 0.1) is 6.61 Å². The standard InChI is InChI=1S/C17H23NO4/c1-5-21-14(19)17(18-15(20)22-16(2,3)4)11-13(17)12-9-7-6-8-10-12/h6-10,13H,5,11H2,1-4H3,(H,18,20)/t13-,17+/m0/s1. The zero-order valence-corrected chi connectivity index (χ0v) is 13.5. The van der Waals surface area contributed by atoms with Crippen LogP contribution in [0.5, 0.6) is 0 Å². The van der Waals surface area contributed by atoms with Gasteiger partial charge in [-0.25, -0.2) is 9.59 Å².